The van der Waals surface area contributed by atoms with E-state index < -0.39 is 21.7 Å². The molecule has 0 saturated heterocycles. The summed E-state index contributed by atoms with van der Waals surface area (Å²) in [7, 11) is -3.62. The summed E-state index contributed by atoms with van der Waals surface area (Å²) >= 11 is 5.94. The van der Waals surface area contributed by atoms with Gasteiger partial charge < -0.3 is 5.32 Å². The number of halogens is 2. The highest BCUT2D eigenvalue weighted by Crippen LogP contribution is 2.18. The second-order valence-corrected chi connectivity index (χ2v) is 7.36. The van der Waals surface area contributed by atoms with Crippen LogP contribution >= 0.6 is 11.6 Å². The Morgan fingerprint density at radius 2 is 1.92 bits per heavy atom. The summed E-state index contributed by atoms with van der Waals surface area (Å²) in [4.78, 5) is 12.1. The molecule has 2 aromatic carbocycles. The zero-order chi connectivity index (χ0) is 17.7. The lowest BCUT2D eigenvalue weighted by molar-refractivity contribution is 0.0955. The maximum Gasteiger partial charge on any atom is 0.252 e. The van der Waals surface area contributed by atoms with Gasteiger partial charge in [-0.05, 0) is 30.3 Å². The number of carbonyl (C=O) groups is 1. The molecule has 0 radical (unpaired) electrons. The number of sulfonamides is 1. The predicted molar refractivity (Wildman–Crippen MR) is 92.4 cm³/mol. The van der Waals surface area contributed by atoms with E-state index >= 15 is 0 Å². The van der Waals surface area contributed by atoms with Crippen LogP contribution in [0.4, 0.5) is 10.1 Å². The fourth-order valence-electron chi connectivity index (χ4n) is 2.13. The molecule has 0 saturated carbocycles. The monoisotopic (exact) mass is 370 g/mol. The summed E-state index contributed by atoms with van der Waals surface area (Å²) < 4.78 is 38.2. The third-order valence-corrected chi connectivity index (χ3v) is 4.74. The van der Waals surface area contributed by atoms with E-state index in [1.807, 2.05) is 0 Å². The number of hydrogen-bond donors (Lipinski definition) is 1. The van der Waals surface area contributed by atoms with Crippen molar-refractivity contribution in [2.75, 3.05) is 23.7 Å². The van der Waals surface area contributed by atoms with Crippen molar-refractivity contribution in [1.82, 2.24) is 5.32 Å². The molecule has 0 aromatic heterocycles. The molecule has 2 rings (SSSR count). The van der Waals surface area contributed by atoms with Crippen molar-refractivity contribution in [2.24, 2.45) is 0 Å². The Bertz CT molecular complexity index is 843. The van der Waals surface area contributed by atoms with Gasteiger partial charge in [-0.1, -0.05) is 29.8 Å². The number of carbonyl (C=O) groups excluding carboxylic acids is 1. The quantitative estimate of drug-likeness (QED) is 0.850. The van der Waals surface area contributed by atoms with E-state index in [-0.39, 0.29) is 18.8 Å². The molecule has 8 heteroatoms. The molecule has 1 amide bonds. The number of nitrogens with zero attached hydrogens (tertiary/aromatic N) is 1. The Morgan fingerprint density at radius 1 is 1.21 bits per heavy atom. The average molecular weight is 371 g/mol. The van der Waals surface area contributed by atoms with Gasteiger partial charge in [0.05, 0.1) is 29.1 Å². The van der Waals surface area contributed by atoms with Crippen LogP contribution in [0.5, 0.6) is 0 Å². The van der Waals surface area contributed by atoms with Crippen LogP contribution < -0.4 is 9.62 Å². The molecule has 0 aliphatic carbocycles. The lowest BCUT2D eigenvalue weighted by Gasteiger charge is -2.22. The second kappa shape index (κ2) is 7.63. The maximum atomic E-state index is 13.3. The molecule has 0 bridgehead atoms. The zero-order valence-corrected chi connectivity index (χ0v) is 14.4. The number of anilines is 1. The molecular formula is C16H16ClFN2O3S. The van der Waals surface area contributed by atoms with E-state index in [0.717, 1.165) is 16.6 Å². The van der Waals surface area contributed by atoms with Crippen molar-refractivity contribution in [1.29, 1.82) is 0 Å². The van der Waals surface area contributed by atoms with Crippen molar-refractivity contribution < 1.29 is 17.6 Å². The van der Waals surface area contributed by atoms with Crippen LogP contribution in [0.3, 0.4) is 0 Å². The molecular weight excluding hydrogens is 355 g/mol. The number of hydrogen-bond acceptors (Lipinski definition) is 3. The van der Waals surface area contributed by atoms with E-state index in [1.54, 1.807) is 24.3 Å². The first-order chi connectivity index (χ1) is 11.3. The van der Waals surface area contributed by atoms with E-state index in [1.165, 1.54) is 18.2 Å². The van der Waals surface area contributed by atoms with Gasteiger partial charge in [-0.3, -0.25) is 9.10 Å². The van der Waals surface area contributed by atoms with Crippen molar-refractivity contribution in [2.45, 2.75) is 0 Å². The van der Waals surface area contributed by atoms with Gasteiger partial charge in [0.25, 0.3) is 5.91 Å². The van der Waals surface area contributed by atoms with E-state index in [4.69, 9.17) is 11.6 Å². The average Bonchev–Trinajstić information content (AvgIpc) is 2.50. The van der Waals surface area contributed by atoms with Crippen molar-refractivity contribution in [3.05, 3.63) is 64.9 Å². The van der Waals surface area contributed by atoms with Gasteiger partial charge >= 0.3 is 0 Å². The number of rotatable bonds is 6. The van der Waals surface area contributed by atoms with Crippen LogP contribution in [0, 0.1) is 5.82 Å². The van der Waals surface area contributed by atoms with Crippen LogP contribution in [-0.2, 0) is 10.0 Å². The third kappa shape index (κ3) is 4.69. The Kier molecular flexibility index (Phi) is 5.80. The van der Waals surface area contributed by atoms with Gasteiger partial charge in [-0.2, -0.15) is 0 Å². The smallest absolute Gasteiger partial charge is 0.252 e. The van der Waals surface area contributed by atoms with Crippen LogP contribution in [0.2, 0.25) is 5.02 Å². The summed E-state index contributed by atoms with van der Waals surface area (Å²) in [6, 6.07) is 11.8. The second-order valence-electron chi connectivity index (χ2n) is 5.05. The Morgan fingerprint density at radius 3 is 2.54 bits per heavy atom. The number of benzene rings is 2. The molecule has 5 nitrogen and oxygen atoms in total. The van der Waals surface area contributed by atoms with Gasteiger partial charge in [0, 0.05) is 6.54 Å². The molecule has 0 heterocycles. The minimum Gasteiger partial charge on any atom is -0.350 e. The first-order valence-corrected chi connectivity index (χ1v) is 9.27. The minimum absolute atomic E-state index is 0.0293. The van der Waals surface area contributed by atoms with Crippen molar-refractivity contribution in [3.63, 3.8) is 0 Å². The number of amides is 1. The van der Waals surface area contributed by atoms with Crippen LogP contribution in [0.15, 0.2) is 48.5 Å². The molecule has 0 spiro atoms. The van der Waals surface area contributed by atoms with Gasteiger partial charge in [0.1, 0.15) is 5.82 Å². The largest absolute Gasteiger partial charge is 0.350 e. The Balaban J connectivity index is 2.07. The van der Waals surface area contributed by atoms with Crippen LogP contribution in [0.25, 0.3) is 0 Å². The highest BCUT2D eigenvalue weighted by Gasteiger charge is 2.18. The van der Waals surface area contributed by atoms with E-state index in [2.05, 4.69) is 5.32 Å². The van der Waals surface area contributed by atoms with E-state index in [0.29, 0.717) is 10.6 Å². The summed E-state index contributed by atoms with van der Waals surface area (Å²) in [6.07, 6.45) is 1.02. The highest BCUT2D eigenvalue weighted by molar-refractivity contribution is 7.92. The first kappa shape index (κ1) is 18.2. The fourth-order valence-corrected chi connectivity index (χ4v) is 3.27. The highest BCUT2D eigenvalue weighted by atomic mass is 35.5. The van der Waals surface area contributed by atoms with E-state index in [9.17, 15) is 17.6 Å². The lowest BCUT2D eigenvalue weighted by atomic mass is 10.2. The standard InChI is InChI=1S/C16H16ClFN2O3S/c1-24(22,23)20(13-6-4-5-12(18)11-13)10-9-19-16(21)14-7-2-3-8-15(14)17/h2-8,11H,9-10H2,1H3,(H,19,21). The van der Waals surface area contributed by atoms with Crippen LogP contribution in [0.1, 0.15) is 10.4 Å². The molecule has 0 fully saturated rings. The fraction of sp³-hybridized carbons (Fsp3) is 0.188. The van der Waals surface area contributed by atoms with Gasteiger partial charge in [-0.15, -0.1) is 0 Å². The van der Waals surface area contributed by atoms with Crippen molar-refractivity contribution >= 4 is 33.2 Å². The molecule has 1 N–H and O–H groups in total. The first-order valence-electron chi connectivity index (χ1n) is 7.05. The molecule has 128 valence electrons. The molecule has 2 aromatic rings. The van der Waals surface area contributed by atoms with Crippen LogP contribution in [-0.4, -0.2) is 33.7 Å². The summed E-state index contributed by atoms with van der Waals surface area (Å²) in [5, 5.41) is 2.91. The Hall–Kier alpha value is -2.12. The molecule has 0 aliphatic rings. The summed E-state index contributed by atoms with van der Waals surface area (Å²) in [5.74, 6) is -0.949. The van der Waals surface area contributed by atoms with Crippen molar-refractivity contribution in [3.8, 4) is 0 Å². The van der Waals surface area contributed by atoms with Gasteiger partial charge in [0.2, 0.25) is 10.0 Å². The predicted octanol–water partition coefficient (Wildman–Crippen LogP) is 2.68. The molecule has 24 heavy (non-hydrogen) atoms. The topological polar surface area (TPSA) is 66.5 Å². The van der Waals surface area contributed by atoms with Gasteiger partial charge in [0.15, 0.2) is 0 Å². The zero-order valence-electron chi connectivity index (χ0n) is 12.9. The normalized spacial score (nSPS) is 11.1. The van der Waals surface area contributed by atoms with Gasteiger partial charge in [-0.25, -0.2) is 12.8 Å². The molecule has 0 unspecified atom stereocenters. The number of nitrogens with one attached hydrogen (secondary N) is 1. The summed E-state index contributed by atoms with van der Waals surface area (Å²) in [5.41, 5.74) is 0.500. The maximum absolute atomic E-state index is 13.3. The SMILES string of the molecule is CS(=O)(=O)N(CCNC(=O)c1ccccc1Cl)c1cccc(F)c1. The molecule has 0 atom stereocenters. The third-order valence-electron chi connectivity index (χ3n) is 3.22. The Labute approximate surface area is 145 Å². The molecule has 0 aliphatic heterocycles. The minimum atomic E-state index is -3.62. The lowest BCUT2D eigenvalue weighted by Crippen LogP contribution is -2.38. The summed E-state index contributed by atoms with van der Waals surface area (Å²) in [6.45, 7) is 0.0200.